The fourth-order valence-electron chi connectivity index (χ4n) is 2.05. The molecule has 1 fully saturated rings. The first-order valence-corrected chi connectivity index (χ1v) is 7.53. The second kappa shape index (κ2) is 5.76. The molecular formula is C11H13ClN6OS. The zero-order valence-corrected chi connectivity index (χ0v) is 12.2. The average Bonchev–Trinajstić information content (AvgIpc) is 3.07. The molecule has 2 N–H and O–H groups in total. The van der Waals surface area contributed by atoms with Crippen LogP contribution in [0.2, 0.25) is 5.28 Å². The lowest BCUT2D eigenvalue weighted by molar-refractivity contribution is 0.874. The molecule has 106 valence electrons. The maximum absolute atomic E-state index is 11.0. The van der Waals surface area contributed by atoms with Crippen LogP contribution in [0.15, 0.2) is 10.2 Å². The van der Waals surface area contributed by atoms with E-state index in [4.69, 9.17) is 11.6 Å². The molecule has 20 heavy (non-hydrogen) atoms. The highest BCUT2D eigenvalue weighted by atomic mass is 35.5. The summed E-state index contributed by atoms with van der Waals surface area (Å²) in [5.41, 5.74) is 0.791. The van der Waals surface area contributed by atoms with Crippen molar-refractivity contribution >= 4 is 34.8 Å². The van der Waals surface area contributed by atoms with Crippen molar-refractivity contribution in [3.63, 3.8) is 0 Å². The van der Waals surface area contributed by atoms with Gasteiger partial charge in [0, 0.05) is 24.2 Å². The van der Waals surface area contributed by atoms with E-state index in [0.29, 0.717) is 18.4 Å². The monoisotopic (exact) mass is 312 g/mol. The van der Waals surface area contributed by atoms with Gasteiger partial charge in [-0.1, -0.05) is 11.3 Å². The number of halogens is 1. The van der Waals surface area contributed by atoms with Crippen molar-refractivity contribution in [1.82, 2.24) is 19.9 Å². The van der Waals surface area contributed by atoms with Crippen molar-refractivity contribution in [1.29, 1.82) is 0 Å². The number of rotatable bonds is 4. The Kier molecular flexibility index (Phi) is 3.83. The quantitative estimate of drug-likeness (QED) is 0.889. The Balaban J connectivity index is 1.73. The minimum absolute atomic E-state index is 0.0757. The third-order valence-electron chi connectivity index (χ3n) is 2.99. The smallest absolute Gasteiger partial charge is 0.304 e. The molecule has 3 rings (SSSR count). The van der Waals surface area contributed by atoms with Gasteiger partial charge in [0.2, 0.25) is 17.2 Å². The van der Waals surface area contributed by atoms with Gasteiger partial charge in [-0.25, -0.2) is 0 Å². The van der Waals surface area contributed by atoms with Crippen LogP contribution in [0.4, 0.5) is 11.9 Å². The third-order valence-corrected chi connectivity index (χ3v) is 3.88. The zero-order valence-electron chi connectivity index (χ0n) is 10.6. The highest BCUT2D eigenvalue weighted by Gasteiger charge is 2.16. The number of thiazole rings is 1. The summed E-state index contributed by atoms with van der Waals surface area (Å²) in [5, 5.41) is 4.98. The van der Waals surface area contributed by atoms with Crippen LogP contribution in [-0.2, 0) is 6.54 Å². The number of hydrogen-bond donors (Lipinski definition) is 2. The molecule has 7 nitrogen and oxygen atoms in total. The van der Waals surface area contributed by atoms with Crippen molar-refractivity contribution in [2.45, 2.75) is 19.4 Å². The zero-order chi connectivity index (χ0) is 13.9. The Hall–Kier alpha value is -1.67. The van der Waals surface area contributed by atoms with Crippen molar-refractivity contribution in [3.05, 3.63) is 26.0 Å². The summed E-state index contributed by atoms with van der Waals surface area (Å²) in [6, 6.07) is 0. The maximum atomic E-state index is 11.0. The Morgan fingerprint density at radius 1 is 1.35 bits per heavy atom. The van der Waals surface area contributed by atoms with Crippen LogP contribution < -0.4 is 15.1 Å². The topological polar surface area (TPSA) is 86.8 Å². The summed E-state index contributed by atoms with van der Waals surface area (Å²) >= 11 is 7.06. The van der Waals surface area contributed by atoms with E-state index in [1.807, 2.05) is 0 Å². The molecule has 0 atom stereocenters. The minimum atomic E-state index is -0.0757. The van der Waals surface area contributed by atoms with E-state index >= 15 is 0 Å². The van der Waals surface area contributed by atoms with Crippen LogP contribution in [0.3, 0.4) is 0 Å². The van der Waals surface area contributed by atoms with Gasteiger partial charge in [-0.3, -0.25) is 4.79 Å². The second-order valence-corrected chi connectivity index (χ2v) is 5.63. The van der Waals surface area contributed by atoms with E-state index in [0.717, 1.165) is 43.0 Å². The molecule has 1 saturated heterocycles. The normalized spacial score (nSPS) is 14.8. The van der Waals surface area contributed by atoms with Crippen LogP contribution >= 0.6 is 22.9 Å². The molecular weight excluding hydrogens is 300 g/mol. The van der Waals surface area contributed by atoms with Crippen molar-refractivity contribution in [3.8, 4) is 0 Å². The fraction of sp³-hybridized carbons (Fsp3) is 0.455. The molecule has 0 spiro atoms. The van der Waals surface area contributed by atoms with Gasteiger partial charge < -0.3 is 15.2 Å². The van der Waals surface area contributed by atoms with Gasteiger partial charge in [0.25, 0.3) is 0 Å². The first-order chi connectivity index (χ1) is 9.70. The predicted molar refractivity (Wildman–Crippen MR) is 78.6 cm³/mol. The summed E-state index contributed by atoms with van der Waals surface area (Å²) in [6.07, 6.45) is 2.28. The van der Waals surface area contributed by atoms with Gasteiger partial charge in [-0.15, -0.1) is 0 Å². The lowest BCUT2D eigenvalue weighted by Crippen LogP contribution is -2.21. The van der Waals surface area contributed by atoms with Gasteiger partial charge in [0.15, 0.2) is 0 Å². The standard InChI is InChI=1S/C11H13ClN6OS/c12-8-15-9(13-5-7-6-20-11(19)14-7)17-10(16-8)18-3-1-2-4-18/h6H,1-5H2,(H,14,19)(H,13,15,16,17). The minimum Gasteiger partial charge on any atom is -0.348 e. The molecule has 1 aliphatic heterocycles. The number of aromatic nitrogens is 4. The fourth-order valence-corrected chi connectivity index (χ4v) is 2.79. The first-order valence-electron chi connectivity index (χ1n) is 6.28. The Morgan fingerprint density at radius 3 is 2.85 bits per heavy atom. The van der Waals surface area contributed by atoms with E-state index in [2.05, 4.69) is 30.2 Å². The first kappa shape index (κ1) is 13.3. The molecule has 0 aromatic carbocycles. The van der Waals surface area contributed by atoms with Gasteiger partial charge in [0.05, 0.1) is 6.54 Å². The van der Waals surface area contributed by atoms with Gasteiger partial charge >= 0.3 is 4.87 Å². The largest absolute Gasteiger partial charge is 0.348 e. The second-order valence-electron chi connectivity index (χ2n) is 4.45. The van der Waals surface area contributed by atoms with E-state index in [9.17, 15) is 4.79 Å². The SMILES string of the molecule is O=c1[nH]c(CNc2nc(Cl)nc(N3CCCC3)n2)cs1. The van der Waals surface area contributed by atoms with Crippen LogP contribution in [0, 0.1) is 0 Å². The number of H-pyrrole nitrogens is 1. The summed E-state index contributed by atoms with van der Waals surface area (Å²) in [7, 11) is 0. The molecule has 0 saturated carbocycles. The molecule has 0 unspecified atom stereocenters. The lowest BCUT2D eigenvalue weighted by Gasteiger charge is -2.15. The van der Waals surface area contributed by atoms with E-state index in [1.54, 1.807) is 5.38 Å². The maximum Gasteiger partial charge on any atom is 0.304 e. The van der Waals surface area contributed by atoms with Gasteiger partial charge in [-0.2, -0.15) is 15.0 Å². The lowest BCUT2D eigenvalue weighted by atomic mass is 10.4. The average molecular weight is 313 g/mol. The number of aromatic amines is 1. The molecule has 3 heterocycles. The predicted octanol–water partition coefficient (Wildman–Crippen LogP) is 1.49. The van der Waals surface area contributed by atoms with Crippen LogP contribution in [0.1, 0.15) is 18.5 Å². The van der Waals surface area contributed by atoms with E-state index < -0.39 is 0 Å². The van der Waals surface area contributed by atoms with Crippen LogP contribution in [-0.4, -0.2) is 33.0 Å². The number of nitrogens with one attached hydrogen (secondary N) is 2. The summed E-state index contributed by atoms with van der Waals surface area (Å²) in [5.74, 6) is 1.02. The molecule has 9 heteroatoms. The molecule has 2 aromatic heterocycles. The molecule has 0 amide bonds. The van der Waals surface area contributed by atoms with Crippen molar-refractivity contribution in [2.75, 3.05) is 23.3 Å². The van der Waals surface area contributed by atoms with Crippen LogP contribution in [0.25, 0.3) is 0 Å². The van der Waals surface area contributed by atoms with E-state index in [1.165, 1.54) is 0 Å². The highest BCUT2D eigenvalue weighted by Crippen LogP contribution is 2.18. The summed E-state index contributed by atoms with van der Waals surface area (Å²) in [6.45, 7) is 2.33. The summed E-state index contributed by atoms with van der Waals surface area (Å²) < 4.78 is 0. The molecule has 0 bridgehead atoms. The molecule has 2 aromatic rings. The molecule has 0 aliphatic carbocycles. The number of nitrogens with zero attached hydrogens (tertiary/aromatic N) is 4. The molecule has 1 aliphatic rings. The highest BCUT2D eigenvalue weighted by molar-refractivity contribution is 7.07. The van der Waals surface area contributed by atoms with Crippen molar-refractivity contribution in [2.24, 2.45) is 0 Å². The Morgan fingerprint density at radius 2 is 2.15 bits per heavy atom. The van der Waals surface area contributed by atoms with Gasteiger partial charge in [0.1, 0.15) is 0 Å². The molecule has 0 radical (unpaired) electrons. The van der Waals surface area contributed by atoms with Crippen molar-refractivity contribution < 1.29 is 0 Å². The van der Waals surface area contributed by atoms with E-state index in [-0.39, 0.29) is 10.2 Å². The Labute approximate surface area is 124 Å². The van der Waals surface area contributed by atoms with Gasteiger partial charge in [-0.05, 0) is 24.4 Å². The third kappa shape index (κ3) is 3.07. The summed E-state index contributed by atoms with van der Waals surface area (Å²) in [4.78, 5) is 28.3. The Bertz CT molecular complexity index is 650. The number of anilines is 2. The van der Waals surface area contributed by atoms with Crippen LogP contribution in [0.5, 0.6) is 0 Å². The number of hydrogen-bond acceptors (Lipinski definition) is 7.